The maximum absolute atomic E-state index is 8.47. The first kappa shape index (κ1) is 13.2. The molecule has 0 fully saturated rings. The largest absolute Gasteiger partial charge is 0.490 e. The molecule has 0 atom stereocenters. The van der Waals surface area contributed by atoms with E-state index in [1.165, 1.54) is 6.21 Å². The molecule has 0 spiro atoms. The number of hydrogen-bond donors (Lipinski definition) is 1. The Labute approximate surface area is 105 Å². The number of ether oxygens (including phenoxy) is 2. The lowest BCUT2D eigenvalue weighted by molar-refractivity contribution is 0.299. The van der Waals surface area contributed by atoms with Gasteiger partial charge in [0.1, 0.15) is 6.61 Å². The van der Waals surface area contributed by atoms with E-state index in [4.69, 9.17) is 32.7 Å². The Kier molecular flexibility index (Phi) is 5.18. The first-order valence-electron chi connectivity index (χ1n) is 4.93. The molecule has 5 heteroatoms. The number of benzene rings is 1. The highest BCUT2D eigenvalue weighted by Crippen LogP contribution is 2.36. The predicted octanol–water partition coefficient (Wildman–Crippen LogP) is 2.56. The Bertz CT molecular complexity index is 452. The molecule has 17 heavy (non-hydrogen) atoms. The lowest BCUT2D eigenvalue weighted by Crippen LogP contribution is -2.01. The summed E-state index contributed by atoms with van der Waals surface area (Å²) in [6.45, 7) is 2.40. The summed E-state index contributed by atoms with van der Waals surface area (Å²) in [7, 11) is 0. The number of hydrogen-bond acceptors (Lipinski definition) is 4. The zero-order valence-electron chi connectivity index (χ0n) is 9.31. The second-order valence-electron chi connectivity index (χ2n) is 3.00. The standard InChI is InChI=1S/C12H12ClNO3/c1-3-5-17-12-10(13)6-9(8-14-15)7-11(12)16-4-2/h1,6-8,15H,4-5H2,2H3/b14-8-. The van der Waals surface area contributed by atoms with Crippen molar-refractivity contribution in [1.29, 1.82) is 0 Å². The van der Waals surface area contributed by atoms with Gasteiger partial charge in [-0.1, -0.05) is 22.7 Å². The van der Waals surface area contributed by atoms with Crippen LogP contribution < -0.4 is 9.47 Å². The maximum atomic E-state index is 8.47. The Morgan fingerprint density at radius 3 is 2.88 bits per heavy atom. The summed E-state index contributed by atoms with van der Waals surface area (Å²) in [5.41, 5.74) is 0.606. The van der Waals surface area contributed by atoms with Crippen LogP contribution in [0.4, 0.5) is 0 Å². The molecule has 1 aromatic carbocycles. The molecule has 0 aliphatic heterocycles. The molecule has 0 saturated heterocycles. The van der Waals surface area contributed by atoms with Gasteiger partial charge in [0.05, 0.1) is 17.8 Å². The van der Waals surface area contributed by atoms with Crippen molar-refractivity contribution in [3.63, 3.8) is 0 Å². The van der Waals surface area contributed by atoms with Gasteiger partial charge in [-0.25, -0.2) is 0 Å². The first-order chi connectivity index (χ1) is 8.22. The molecule has 1 N–H and O–H groups in total. The molecule has 0 aliphatic carbocycles. The van der Waals surface area contributed by atoms with E-state index < -0.39 is 0 Å². The third kappa shape index (κ3) is 3.58. The molecule has 0 aliphatic rings. The van der Waals surface area contributed by atoms with Crippen molar-refractivity contribution < 1.29 is 14.7 Å². The molecule has 0 saturated carbocycles. The maximum Gasteiger partial charge on any atom is 0.181 e. The average molecular weight is 254 g/mol. The quantitative estimate of drug-likeness (QED) is 0.380. The van der Waals surface area contributed by atoms with Gasteiger partial charge in [0.15, 0.2) is 11.5 Å². The molecule has 0 aromatic heterocycles. The molecule has 1 aromatic rings. The SMILES string of the molecule is C#CCOc1c(Cl)cc(/C=N\O)cc1OCC. The van der Waals surface area contributed by atoms with E-state index in [1.54, 1.807) is 12.1 Å². The monoisotopic (exact) mass is 253 g/mol. The van der Waals surface area contributed by atoms with Crippen LogP contribution in [0, 0.1) is 12.3 Å². The molecule has 0 amide bonds. The van der Waals surface area contributed by atoms with Crippen molar-refractivity contribution in [1.82, 2.24) is 0 Å². The topological polar surface area (TPSA) is 51.0 Å². The van der Waals surface area contributed by atoms with Crippen LogP contribution in [0.25, 0.3) is 0 Å². The van der Waals surface area contributed by atoms with Crippen molar-refractivity contribution in [2.24, 2.45) is 5.16 Å². The average Bonchev–Trinajstić information content (AvgIpc) is 2.29. The van der Waals surface area contributed by atoms with E-state index in [-0.39, 0.29) is 6.61 Å². The van der Waals surface area contributed by atoms with Crippen molar-refractivity contribution in [2.45, 2.75) is 6.92 Å². The van der Waals surface area contributed by atoms with Crippen molar-refractivity contribution in [3.05, 3.63) is 22.7 Å². The minimum Gasteiger partial charge on any atom is -0.490 e. The molecule has 0 heterocycles. The third-order valence-corrected chi connectivity index (χ3v) is 2.12. The molecular formula is C12H12ClNO3. The summed E-state index contributed by atoms with van der Waals surface area (Å²) in [6, 6.07) is 3.25. The fraction of sp³-hybridized carbons (Fsp3) is 0.250. The molecule has 4 nitrogen and oxygen atoms in total. The summed E-state index contributed by atoms with van der Waals surface area (Å²) >= 11 is 6.02. The van der Waals surface area contributed by atoms with Crippen molar-refractivity contribution in [3.8, 4) is 23.8 Å². The zero-order chi connectivity index (χ0) is 12.7. The Morgan fingerprint density at radius 2 is 2.29 bits per heavy atom. The lowest BCUT2D eigenvalue weighted by atomic mass is 10.2. The van der Waals surface area contributed by atoms with Crippen LogP contribution in [-0.2, 0) is 0 Å². The summed E-state index contributed by atoms with van der Waals surface area (Å²) in [5, 5.41) is 11.7. The zero-order valence-corrected chi connectivity index (χ0v) is 10.1. The minimum atomic E-state index is 0.104. The molecule has 90 valence electrons. The van der Waals surface area contributed by atoms with Gasteiger partial charge >= 0.3 is 0 Å². The normalized spacial score (nSPS) is 10.2. The van der Waals surface area contributed by atoms with Crippen LogP contribution in [0.15, 0.2) is 17.3 Å². The van der Waals surface area contributed by atoms with Gasteiger partial charge in [0.2, 0.25) is 0 Å². The molecule has 0 unspecified atom stereocenters. The van der Waals surface area contributed by atoms with Gasteiger partial charge < -0.3 is 14.7 Å². The first-order valence-corrected chi connectivity index (χ1v) is 5.30. The number of halogens is 1. The minimum absolute atomic E-state index is 0.104. The Morgan fingerprint density at radius 1 is 1.53 bits per heavy atom. The number of oxime groups is 1. The van der Waals surface area contributed by atoms with Gasteiger partial charge in [0, 0.05) is 5.56 Å². The van der Waals surface area contributed by atoms with Crippen LogP contribution in [0.1, 0.15) is 12.5 Å². The van der Waals surface area contributed by atoms with E-state index in [1.807, 2.05) is 6.92 Å². The number of terminal acetylenes is 1. The highest BCUT2D eigenvalue weighted by atomic mass is 35.5. The van der Waals surface area contributed by atoms with E-state index in [0.717, 1.165) is 0 Å². The molecular weight excluding hydrogens is 242 g/mol. The van der Waals surface area contributed by atoms with E-state index in [9.17, 15) is 0 Å². The van der Waals surface area contributed by atoms with Gasteiger partial charge in [-0.05, 0) is 19.1 Å². The van der Waals surface area contributed by atoms with Gasteiger partial charge in [-0.15, -0.1) is 6.42 Å². The Balaban J connectivity index is 3.13. The predicted molar refractivity (Wildman–Crippen MR) is 66.3 cm³/mol. The highest BCUT2D eigenvalue weighted by Gasteiger charge is 2.11. The molecule has 1 rings (SSSR count). The second kappa shape index (κ2) is 6.66. The van der Waals surface area contributed by atoms with Crippen LogP contribution in [-0.4, -0.2) is 24.6 Å². The van der Waals surface area contributed by atoms with E-state index >= 15 is 0 Å². The third-order valence-electron chi connectivity index (χ3n) is 1.84. The van der Waals surface area contributed by atoms with Gasteiger partial charge in [0.25, 0.3) is 0 Å². The summed E-state index contributed by atoms with van der Waals surface area (Å²) < 4.78 is 10.7. The van der Waals surface area contributed by atoms with Crippen LogP contribution in [0.5, 0.6) is 11.5 Å². The fourth-order valence-electron chi connectivity index (χ4n) is 1.25. The van der Waals surface area contributed by atoms with E-state index in [2.05, 4.69) is 11.1 Å². The van der Waals surface area contributed by atoms with Crippen LogP contribution >= 0.6 is 11.6 Å². The van der Waals surface area contributed by atoms with Gasteiger partial charge in [-0.2, -0.15) is 0 Å². The fourth-order valence-corrected chi connectivity index (χ4v) is 1.52. The highest BCUT2D eigenvalue weighted by molar-refractivity contribution is 6.32. The summed E-state index contributed by atoms with van der Waals surface area (Å²) in [6.07, 6.45) is 6.36. The van der Waals surface area contributed by atoms with E-state index in [0.29, 0.717) is 28.7 Å². The van der Waals surface area contributed by atoms with Crippen molar-refractivity contribution >= 4 is 17.8 Å². The van der Waals surface area contributed by atoms with Crippen LogP contribution in [0.2, 0.25) is 5.02 Å². The van der Waals surface area contributed by atoms with Gasteiger partial charge in [-0.3, -0.25) is 0 Å². The lowest BCUT2D eigenvalue weighted by Gasteiger charge is -2.12. The van der Waals surface area contributed by atoms with Crippen molar-refractivity contribution in [2.75, 3.05) is 13.2 Å². The number of rotatable bonds is 5. The summed E-state index contributed by atoms with van der Waals surface area (Å²) in [5.74, 6) is 3.20. The smallest absolute Gasteiger partial charge is 0.181 e. The summed E-state index contributed by atoms with van der Waals surface area (Å²) in [4.78, 5) is 0. The Hall–Kier alpha value is -1.86. The second-order valence-corrected chi connectivity index (χ2v) is 3.41. The number of nitrogens with zero attached hydrogens (tertiary/aromatic N) is 1. The van der Waals surface area contributed by atoms with Crippen LogP contribution in [0.3, 0.4) is 0 Å². The molecule has 0 radical (unpaired) electrons. The molecule has 0 bridgehead atoms.